The van der Waals surface area contributed by atoms with Crippen molar-refractivity contribution in [1.29, 1.82) is 0 Å². The van der Waals surface area contributed by atoms with Gasteiger partial charge in [-0.1, -0.05) is 34.1 Å². The van der Waals surface area contributed by atoms with Gasteiger partial charge in [0, 0.05) is 25.9 Å². The van der Waals surface area contributed by atoms with Crippen LogP contribution in [-0.4, -0.2) is 6.29 Å². The van der Waals surface area contributed by atoms with Gasteiger partial charge in [-0.15, -0.1) is 11.3 Å². The molecule has 0 unspecified atom stereocenters. The number of halogens is 1. The van der Waals surface area contributed by atoms with Crippen molar-refractivity contribution >= 4 is 43.6 Å². The predicted octanol–water partition coefficient (Wildman–Crippen LogP) is 3.92. The van der Waals surface area contributed by atoms with Crippen molar-refractivity contribution in [2.45, 2.75) is 12.3 Å². The van der Waals surface area contributed by atoms with E-state index in [-0.39, 0.29) is 0 Å². The number of aldehydes is 1. The SMILES string of the molecule is Cc1sc2c(CBr)cccc2c1C=O. The number of carbonyl (C=O) groups excluding carboxylic acids is 1. The minimum absolute atomic E-state index is 0.836. The lowest BCUT2D eigenvalue weighted by atomic mass is 10.1. The van der Waals surface area contributed by atoms with E-state index in [2.05, 4.69) is 22.0 Å². The highest BCUT2D eigenvalue weighted by Gasteiger charge is 2.09. The van der Waals surface area contributed by atoms with Gasteiger partial charge in [0.05, 0.1) is 0 Å². The Bertz CT molecular complexity index is 487. The first-order valence-electron chi connectivity index (χ1n) is 4.30. The Labute approximate surface area is 94.9 Å². The van der Waals surface area contributed by atoms with Gasteiger partial charge in [-0.3, -0.25) is 4.79 Å². The molecule has 0 saturated heterocycles. The molecule has 0 bridgehead atoms. The van der Waals surface area contributed by atoms with Crippen molar-refractivity contribution < 1.29 is 4.79 Å². The Hall–Kier alpha value is -0.670. The second-order valence-electron chi connectivity index (χ2n) is 3.12. The van der Waals surface area contributed by atoms with Crippen LogP contribution in [0.4, 0.5) is 0 Å². The third-order valence-corrected chi connectivity index (χ3v) is 4.10. The second-order valence-corrected chi connectivity index (χ2v) is 4.90. The molecule has 0 aliphatic rings. The van der Waals surface area contributed by atoms with E-state index in [1.54, 1.807) is 11.3 Å². The van der Waals surface area contributed by atoms with Gasteiger partial charge in [0.1, 0.15) is 0 Å². The van der Waals surface area contributed by atoms with E-state index in [1.807, 2.05) is 19.1 Å². The fourth-order valence-corrected chi connectivity index (χ4v) is 3.35. The summed E-state index contributed by atoms with van der Waals surface area (Å²) in [6.45, 7) is 1.99. The van der Waals surface area contributed by atoms with Gasteiger partial charge in [-0.25, -0.2) is 0 Å². The molecule has 2 rings (SSSR count). The van der Waals surface area contributed by atoms with Gasteiger partial charge in [0.2, 0.25) is 0 Å². The van der Waals surface area contributed by atoms with E-state index in [9.17, 15) is 4.79 Å². The van der Waals surface area contributed by atoms with Crippen LogP contribution in [0.25, 0.3) is 10.1 Å². The van der Waals surface area contributed by atoms with Gasteiger partial charge in [0.25, 0.3) is 0 Å². The smallest absolute Gasteiger partial charge is 0.151 e. The monoisotopic (exact) mass is 268 g/mol. The molecule has 1 heterocycles. The van der Waals surface area contributed by atoms with Crippen molar-refractivity contribution in [3.8, 4) is 0 Å². The molecule has 72 valence electrons. The summed E-state index contributed by atoms with van der Waals surface area (Å²) in [6.07, 6.45) is 0.951. The average molecular weight is 269 g/mol. The fraction of sp³-hybridized carbons (Fsp3) is 0.182. The van der Waals surface area contributed by atoms with Gasteiger partial charge < -0.3 is 0 Å². The molecule has 0 fully saturated rings. The molecular formula is C11H9BrOS. The molecule has 1 aromatic heterocycles. The molecule has 0 aliphatic carbocycles. The highest BCUT2D eigenvalue weighted by atomic mass is 79.9. The lowest BCUT2D eigenvalue weighted by Crippen LogP contribution is -1.80. The van der Waals surface area contributed by atoms with Crippen LogP contribution in [0.3, 0.4) is 0 Å². The van der Waals surface area contributed by atoms with Crippen LogP contribution in [-0.2, 0) is 5.33 Å². The van der Waals surface area contributed by atoms with E-state index in [1.165, 1.54) is 10.3 Å². The Morgan fingerprint density at radius 2 is 2.29 bits per heavy atom. The third-order valence-electron chi connectivity index (χ3n) is 2.28. The largest absolute Gasteiger partial charge is 0.298 e. The first kappa shape index (κ1) is 9.87. The van der Waals surface area contributed by atoms with Gasteiger partial charge in [0.15, 0.2) is 6.29 Å². The topological polar surface area (TPSA) is 17.1 Å². The molecule has 14 heavy (non-hydrogen) atoms. The van der Waals surface area contributed by atoms with Crippen molar-refractivity contribution in [2.75, 3.05) is 0 Å². The van der Waals surface area contributed by atoms with Crippen LogP contribution in [0.2, 0.25) is 0 Å². The highest BCUT2D eigenvalue weighted by molar-refractivity contribution is 9.08. The summed E-state index contributed by atoms with van der Waals surface area (Å²) in [5, 5.41) is 1.92. The van der Waals surface area contributed by atoms with E-state index < -0.39 is 0 Å². The summed E-state index contributed by atoms with van der Waals surface area (Å²) in [5.41, 5.74) is 2.09. The van der Waals surface area contributed by atoms with Crippen molar-refractivity contribution in [3.05, 3.63) is 34.2 Å². The fourth-order valence-electron chi connectivity index (χ4n) is 1.57. The second kappa shape index (κ2) is 3.83. The minimum Gasteiger partial charge on any atom is -0.298 e. The number of carbonyl (C=O) groups is 1. The average Bonchev–Trinajstić information content (AvgIpc) is 2.52. The molecule has 0 N–H and O–H groups in total. The van der Waals surface area contributed by atoms with Crippen molar-refractivity contribution in [3.63, 3.8) is 0 Å². The Balaban J connectivity index is 2.85. The number of benzene rings is 1. The molecule has 0 atom stereocenters. The first-order chi connectivity index (χ1) is 6.77. The lowest BCUT2D eigenvalue weighted by Gasteiger charge is -1.96. The quantitative estimate of drug-likeness (QED) is 0.596. The number of alkyl halides is 1. The zero-order valence-electron chi connectivity index (χ0n) is 7.71. The van der Waals surface area contributed by atoms with Crippen molar-refractivity contribution in [2.24, 2.45) is 0 Å². The first-order valence-corrected chi connectivity index (χ1v) is 6.24. The Kier molecular flexibility index (Phi) is 2.70. The van der Waals surface area contributed by atoms with Crippen LogP contribution in [0, 0.1) is 6.92 Å². The van der Waals surface area contributed by atoms with E-state index in [0.717, 1.165) is 27.4 Å². The van der Waals surface area contributed by atoms with Crippen LogP contribution in [0.1, 0.15) is 20.8 Å². The van der Waals surface area contributed by atoms with Crippen LogP contribution in [0.5, 0.6) is 0 Å². The van der Waals surface area contributed by atoms with E-state index >= 15 is 0 Å². The molecule has 0 spiro atoms. The zero-order valence-corrected chi connectivity index (χ0v) is 10.1. The molecule has 2 aromatic rings. The predicted molar refractivity (Wildman–Crippen MR) is 64.6 cm³/mol. The third kappa shape index (κ3) is 1.41. The molecule has 0 amide bonds. The molecule has 0 radical (unpaired) electrons. The summed E-state index contributed by atoms with van der Waals surface area (Å²) < 4.78 is 1.23. The molecule has 1 aromatic carbocycles. The molecule has 0 saturated carbocycles. The summed E-state index contributed by atoms with van der Waals surface area (Å²) in [4.78, 5) is 12.0. The normalized spacial score (nSPS) is 10.7. The Morgan fingerprint density at radius 1 is 1.50 bits per heavy atom. The summed E-state index contributed by atoms with van der Waals surface area (Å²) in [7, 11) is 0. The van der Waals surface area contributed by atoms with Gasteiger partial charge >= 0.3 is 0 Å². The number of rotatable bonds is 2. The number of thiophene rings is 1. The van der Waals surface area contributed by atoms with Crippen LogP contribution < -0.4 is 0 Å². The van der Waals surface area contributed by atoms with Crippen molar-refractivity contribution in [1.82, 2.24) is 0 Å². The zero-order chi connectivity index (χ0) is 10.1. The molecular weight excluding hydrogens is 260 g/mol. The Morgan fingerprint density at radius 3 is 2.93 bits per heavy atom. The van der Waals surface area contributed by atoms with Crippen LogP contribution >= 0.6 is 27.3 Å². The van der Waals surface area contributed by atoms with E-state index in [0.29, 0.717) is 0 Å². The van der Waals surface area contributed by atoms with E-state index in [4.69, 9.17) is 0 Å². The minimum atomic E-state index is 0.836. The molecule has 0 aliphatic heterocycles. The number of hydrogen-bond acceptors (Lipinski definition) is 2. The maximum Gasteiger partial charge on any atom is 0.151 e. The van der Waals surface area contributed by atoms with Crippen LogP contribution in [0.15, 0.2) is 18.2 Å². The molecule has 1 nitrogen and oxygen atoms in total. The standard InChI is InChI=1S/C11H9BrOS/c1-7-10(6-13)9-4-2-3-8(5-12)11(9)14-7/h2-4,6H,5H2,1H3. The lowest BCUT2D eigenvalue weighted by molar-refractivity contribution is 0.112. The van der Waals surface area contributed by atoms with Gasteiger partial charge in [-0.2, -0.15) is 0 Å². The highest BCUT2D eigenvalue weighted by Crippen LogP contribution is 2.32. The number of aryl methyl sites for hydroxylation is 1. The summed E-state index contributed by atoms with van der Waals surface area (Å²) in [6, 6.07) is 6.09. The molecule has 3 heteroatoms. The van der Waals surface area contributed by atoms with Gasteiger partial charge in [-0.05, 0) is 12.5 Å². The summed E-state index contributed by atoms with van der Waals surface area (Å²) >= 11 is 5.15. The summed E-state index contributed by atoms with van der Waals surface area (Å²) in [5.74, 6) is 0. The maximum absolute atomic E-state index is 10.9. The number of fused-ring (bicyclic) bond motifs is 1. The maximum atomic E-state index is 10.9. The number of hydrogen-bond donors (Lipinski definition) is 0.